The summed E-state index contributed by atoms with van der Waals surface area (Å²) in [6, 6.07) is 10.1. The summed E-state index contributed by atoms with van der Waals surface area (Å²) in [6.45, 7) is 1.84. The zero-order valence-corrected chi connectivity index (χ0v) is 11.4. The van der Waals surface area contributed by atoms with Crippen LogP contribution in [0.5, 0.6) is 0 Å². The molecule has 0 aliphatic heterocycles. The Hall–Kier alpha value is -2.23. The number of carbonyl (C=O) groups excluding carboxylic acids is 1. The van der Waals surface area contributed by atoms with Crippen LogP contribution >= 0.6 is 0 Å². The Bertz CT molecular complexity index is 584. The second kappa shape index (κ2) is 6.80. The van der Waals surface area contributed by atoms with Crippen molar-refractivity contribution in [3.8, 4) is 0 Å². The molecule has 2 aromatic rings. The normalized spacial score (nSPS) is 10.3. The summed E-state index contributed by atoms with van der Waals surface area (Å²) in [7, 11) is 0. The first kappa shape index (κ1) is 14.2. The molecule has 0 radical (unpaired) electrons. The summed E-state index contributed by atoms with van der Waals surface area (Å²) in [5.41, 5.74) is 2.36. The highest BCUT2D eigenvalue weighted by Crippen LogP contribution is 2.16. The molecule has 3 nitrogen and oxygen atoms in total. The van der Waals surface area contributed by atoms with Crippen molar-refractivity contribution in [3.63, 3.8) is 0 Å². The Labute approximate surface area is 117 Å². The van der Waals surface area contributed by atoms with Crippen LogP contribution in [0.3, 0.4) is 0 Å². The van der Waals surface area contributed by atoms with Gasteiger partial charge in [0.1, 0.15) is 5.82 Å². The Morgan fingerprint density at radius 3 is 2.90 bits per heavy atom. The highest BCUT2D eigenvalue weighted by atomic mass is 19.1. The molecule has 0 aliphatic carbocycles. The molecular formula is C16H17FN2O. The standard InChI is InChI=1S/C16H17FN2O/c1-12-8-9-13(17)11-15(12)19-16(20)7-4-6-14-5-2-3-10-18-14/h2-3,5,8-11H,4,6-7H2,1H3,(H,19,20). The molecule has 1 aromatic heterocycles. The van der Waals surface area contributed by atoms with Crippen LogP contribution in [0, 0.1) is 12.7 Å². The highest BCUT2D eigenvalue weighted by Gasteiger charge is 2.06. The van der Waals surface area contributed by atoms with Gasteiger partial charge in [0.05, 0.1) is 0 Å². The third-order valence-electron chi connectivity index (χ3n) is 3.04. The average Bonchev–Trinajstić information content (AvgIpc) is 2.44. The first-order valence-corrected chi connectivity index (χ1v) is 6.61. The molecule has 1 N–H and O–H groups in total. The highest BCUT2D eigenvalue weighted by molar-refractivity contribution is 5.91. The lowest BCUT2D eigenvalue weighted by atomic mass is 10.1. The van der Waals surface area contributed by atoms with Crippen molar-refractivity contribution in [1.82, 2.24) is 4.98 Å². The zero-order chi connectivity index (χ0) is 14.4. The second-order valence-electron chi connectivity index (χ2n) is 4.68. The van der Waals surface area contributed by atoms with Crippen LogP contribution in [0.25, 0.3) is 0 Å². The lowest BCUT2D eigenvalue weighted by Crippen LogP contribution is -2.12. The fourth-order valence-electron chi connectivity index (χ4n) is 1.92. The van der Waals surface area contributed by atoms with Crippen molar-refractivity contribution >= 4 is 11.6 Å². The molecule has 1 heterocycles. The van der Waals surface area contributed by atoms with Gasteiger partial charge in [-0.3, -0.25) is 9.78 Å². The number of rotatable bonds is 5. The van der Waals surface area contributed by atoms with Crippen molar-refractivity contribution in [2.24, 2.45) is 0 Å². The molecule has 2 rings (SSSR count). The number of benzene rings is 1. The Balaban J connectivity index is 1.82. The van der Waals surface area contributed by atoms with Crippen LogP contribution in [-0.4, -0.2) is 10.9 Å². The molecule has 1 aromatic carbocycles. The van der Waals surface area contributed by atoms with E-state index in [0.717, 1.165) is 24.1 Å². The molecule has 0 unspecified atom stereocenters. The van der Waals surface area contributed by atoms with E-state index in [1.54, 1.807) is 12.3 Å². The van der Waals surface area contributed by atoms with E-state index in [2.05, 4.69) is 10.3 Å². The van der Waals surface area contributed by atoms with Gasteiger partial charge in [0.25, 0.3) is 0 Å². The number of aromatic nitrogens is 1. The minimum absolute atomic E-state index is 0.102. The maximum atomic E-state index is 13.1. The lowest BCUT2D eigenvalue weighted by molar-refractivity contribution is -0.116. The fourth-order valence-corrected chi connectivity index (χ4v) is 1.92. The van der Waals surface area contributed by atoms with Crippen LogP contribution in [0.15, 0.2) is 42.6 Å². The van der Waals surface area contributed by atoms with E-state index < -0.39 is 0 Å². The summed E-state index contributed by atoms with van der Waals surface area (Å²) in [6.07, 6.45) is 3.62. The van der Waals surface area contributed by atoms with Gasteiger partial charge in [0.2, 0.25) is 5.91 Å². The predicted molar refractivity (Wildman–Crippen MR) is 76.9 cm³/mol. The number of amides is 1. The van der Waals surface area contributed by atoms with Crippen molar-refractivity contribution in [2.75, 3.05) is 5.32 Å². The Morgan fingerprint density at radius 1 is 1.30 bits per heavy atom. The largest absolute Gasteiger partial charge is 0.326 e. The number of carbonyl (C=O) groups is 1. The van der Waals surface area contributed by atoms with Gasteiger partial charge in [-0.2, -0.15) is 0 Å². The molecule has 0 bridgehead atoms. The van der Waals surface area contributed by atoms with E-state index in [0.29, 0.717) is 12.1 Å². The maximum Gasteiger partial charge on any atom is 0.224 e. The number of hydrogen-bond donors (Lipinski definition) is 1. The molecule has 1 amide bonds. The molecule has 104 valence electrons. The Kier molecular flexibility index (Phi) is 4.82. The molecule has 0 aliphatic rings. The van der Waals surface area contributed by atoms with Crippen molar-refractivity contribution < 1.29 is 9.18 Å². The van der Waals surface area contributed by atoms with E-state index in [9.17, 15) is 9.18 Å². The van der Waals surface area contributed by atoms with Crippen molar-refractivity contribution in [2.45, 2.75) is 26.2 Å². The third-order valence-corrected chi connectivity index (χ3v) is 3.04. The Morgan fingerprint density at radius 2 is 2.15 bits per heavy atom. The lowest BCUT2D eigenvalue weighted by Gasteiger charge is -2.08. The summed E-state index contributed by atoms with van der Waals surface area (Å²) >= 11 is 0. The SMILES string of the molecule is Cc1ccc(F)cc1NC(=O)CCCc1ccccn1. The smallest absolute Gasteiger partial charge is 0.224 e. The van der Waals surface area contributed by atoms with Crippen LogP contribution in [0.4, 0.5) is 10.1 Å². The number of halogens is 1. The maximum absolute atomic E-state index is 13.1. The number of aryl methyl sites for hydroxylation is 2. The molecule has 0 saturated heterocycles. The second-order valence-corrected chi connectivity index (χ2v) is 4.68. The van der Waals surface area contributed by atoms with Crippen molar-refractivity contribution in [3.05, 3.63) is 59.7 Å². The zero-order valence-electron chi connectivity index (χ0n) is 11.4. The van der Waals surface area contributed by atoms with E-state index in [1.807, 2.05) is 25.1 Å². The van der Waals surface area contributed by atoms with Crippen LogP contribution in [0.2, 0.25) is 0 Å². The molecule has 20 heavy (non-hydrogen) atoms. The third kappa shape index (κ3) is 4.16. The van der Waals surface area contributed by atoms with Gasteiger partial charge >= 0.3 is 0 Å². The molecule has 0 fully saturated rings. The van der Waals surface area contributed by atoms with E-state index in [-0.39, 0.29) is 11.7 Å². The number of pyridine rings is 1. The van der Waals surface area contributed by atoms with Crippen LogP contribution in [-0.2, 0) is 11.2 Å². The first-order valence-electron chi connectivity index (χ1n) is 6.61. The fraction of sp³-hybridized carbons (Fsp3) is 0.250. The topological polar surface area (TPSA) is 42.0 Å². The molecule has 0 saturated carbocycles. The summed E-state index contributed by atoms with van der Waals surface area (Å²) in [4.78, 5) is 16.0. The summed E-state index contributed by atoms with van der Waals surface area (Å²) in [5, 5.41) is 2.74. The van der Waals surface area contributed by atoms with E-state index in [1.165, 1.54) is 12.1 Å². The van der Waals surface area contributed by atoms with Gasteiger partial charge in [-0.1, -0.05) is 12.1 Å². The number of hydrogen-bond acceptors (Lipinski definition) is 2. The van der Waals surface area contributed by atoms with Crippen LogP contribution in [0.1, 0.15) is 24.1 Å². The van der Waals surface area contributed by atoms with Crippen molar-refractivity contribution in [1.29, 1.82) is 0 Å². The van der Waals surface area contributed by atoms with E-state index >= 15 is 0 Å². The van der Waals surface area contributed by atoms with Crippen LogP contribution < -0.4 is 5.32 Å². The minimum atomic E-state index is -0.348. The van der Waals surface area contributed by atoms with Gasteiger partial charge in [0.15, 0.2) is 0 Å². The molecule has 0 atom stereocenters. The van der Waals surface area contributed by atoms with Gasteiger partial charge in [-0.25, -0.2) is 4.39 Å². The number of anilines is 1. The van der Waals surface area contributed by atoms with E-state index in [4.69, 9.17) is 0 Å². The minimum Gasteiger partial charge on any atom is -0.326 e. The number of nitrogens with zero attached hydrogens (tertiary/aromatic N) is 1. The molecule has 0 spiro atoms. The van der Waals surface area contributed by atoms with Gasteiger partial charge < -0.3 is 5.32 Å². The summed E-state index contributed by atoms with van der Waals surface area (Å²) < 4.78 is 13.1. The van der Waals surface area contributed by atoms with Gasteiger partial charge in [0, 0.05) is 24.0 Å². The summed E-state index contributed by atoms with van der Waals surface area (Å²) in [5.74, 6) is -0.450. The molecule has 4 heteroatoms. The quantitative estimate of drug-likeness (QED) is 0.905. The van der Waals surface area contributed by atoms with Gasteiger partial charge in [-0.05, 0) is 49.6 Å². The average molecular weight is 272 g/mol. The molecular weight excluding hydrogens is 255 g/mol. The first-order chi connectivity index (χ1) is 9.65. The predicted octanol–water partition coefficient (Wildman–Crippen LogP) is 3.49. The monoisotopic (exact) mass is 272 g/mol. The number of nitrogens with one attached hydrogen (secondary N) is 1. The van der Waals surface area contributed by atoms with Gasteiger partial charge in [-0.15, -0.1) is 0 Å².